The standard InChI is InChI=1S/C27H33N5O/c1-31-10-12-32(13-11-31)19-20-2-4-21(5-3-20)27(33)16-25-15-24-14-22(6-7-23(24)17-30-25)26-18-28-8-9-29-26/h6-9,14-15,17-18,20-21H,2-5,10-13,16,19H2,1H3. The van der Waals surface area contributed by atoms with Crippen LogP contribution in [0.4, 0.5) is 0 Å². The highest BCUT2D eigenvalue weighted by Gasteiger charge is 2.28. The molecule has 0 spiro atoms. The van der Waals surface area contributed by atoms with Crippen molar-refractivity contribution in [3.63, 3.8) is 0 Å². The van der Waals surface area contributed by atoms with E-state index in [1.54, 1.807) is 18.6 Å². The van der Waals surface area contributed by atoms with Crippen molar-refractivity contribution in [3.05, 3.63) is 54.7 Å². The SMILES string of the molecule is CN1CCN(CC2CCC(C(=O)Cc3cc4cc(-c5cnccn5)ccc4cn3)CC2)CC1. The maximum Gasteiger partial charge on any atom is 0.141 e. The number of pyridine rings is 1. The molecule has 1 aromatic carbocycles. The number of Topliss-reactive ketones (excluding diaryl/α,β-unsaturated/α-hetero) is 1. The molecule has 2 aromatic heterocycles. The van der Waals surface area contributed by atoms with Crippen LogP contribution in [0.3, 0.4) is 0 Å². The number of benzene rings is 1. The Bertz CT molecular complexity index is 1090. The number of carbonyl (C=O) groups is 1. The van der Waals surface area contributed by atoms with Crippen LogP contribution in [0.2, 0.25) is 0 Å². The zero-order valence-electron chi connectivity index (χ0n) is 19.5. The Morgan fingerprint density at radius 1 is 0.939 bits per heavy atom. The summed E-state index contributed by atoms with van der Waals surface area (Å²) in [5, 5.41) is 2.16. The molecule has 0 bridgehead atoms. The Kier molecular flexibility index (Phi) is 6.74. The lowest BCUT2D eigenvalue weighted by Crippen LogP contribution is -2.46. The van der Waals surface area contributed by atoms with Gasteiger partial charge in [0.2, 0.25) is 0 Å². The molecular weight excluding hydrogens is 410 g/mol. The van der Waals surface area contributed by atoms with Crippen molar-refractivity contribution in [2.24, 2.45) is 11.8 Å². The molecule has 1 aliphatic carbocycles. The molecule has 33 heavy (non-hydrogen) atoms. The molecular formula is C27H33N5O. The molecule has 0 radical (unpaired) electrons. The summed E-state index contributed by atoms with van der Waals surface area (Å²) in [5.41, 5.74) is 2.74. The van der Waals surface area contributed by atoms with Crippen LogP contribution < -0.4 is 0 Å². The first kappa shape index (κ1) is 22.1. The van der Waals surface area contributed by atoms with E-state index in [9.17, 15) is 4.79 Å². The third kappa shape index (κ3) is 5.45. The third-order valence-electron chi connectivity index (χ3n) is 7.41. The number of piperazine rings is 1. The van der Waals surface area contributed by atoms with E-state index >= 15 is 0 Å². The van der Waals surface area contributed by atoms with Crippen LogP contribution in [0.15, 0.2) is 49.1 Å². The van der Waals surface area contributed by atoms with Gasteiger partial charge in [0.05, 0.1) is 11.9 Å². The number of hydrogen-bond donors (Lipinski definition) is 0. The summed E-state index contributed by atoms with van der Waals surface area (Å²) < 4.78 is 0. The van der Waals surface area contributed by atoms with Crippen LogP contribution in [-0.4, -0.2) is 70.3 Å². The van der Waals surface area contributed by atoms with Crippen molar-refractivity contribution in [1.82, 2.24) is 24.8 Å². The predicted octanol–water partition coefficient (Wildman–Crippen LogP) is 3.86. The van der Waals surface area contributed by atoms with Crippen molar-refractivity contribution in [1.29, 1.82) is 0 Å². The van der Waals surface area contributed by atoms with E-state index in [1.807, 2.05) is 12.3 Å². The zero-order chi connectivity index (χ0) is 22.6. The van der Waals surface area contributed by atoms with Crippen LogP contribution in [0.1, 0.15) is 31.4 Å². The highest BCUT2D eigenvalue weighted by molar-refractivity contribution is 5.88. The van der Waals surface area contributed by atoms with E-state index < -0.39 is 0 Å². The van der Waals surface area contributed by atoms with Gasteiger partial charge in [-0.25, -0.2) is 0 Å². The minimum Gasteiger partial charge on any atom is -0.304 e. The van der Waals surface area contributed by atoms with Gasteiger partial charge >= 0.3 is 0 Å². The van der Waals surface area contributed by atoms with Crippen molar-refractivity contribution in [3.8, 4) is 11.3 Å². The van der Waals surface area contributed by atoms with Gasteiger partial charge in [-0.1, -0.05) is 12.1 Å². The van der Waals surface area contributed by atoms with Crippen LogP contribution in [0, 0.1) is 11.8 Å². The maximum absolute atomic E-state index is 13.1. The van der Waals surface area contributed by atoms with E-state index in [-0.39, 0.29) is 5.92 Å². The first-order chi connectivity index (χ1) is 16.1. The van der Waals surface area contributed by atoms with Crippen molar-refractivity contribution >= 4 is 16.6 Å². The maximum atomic E-state index is 13.1. The normalized spacial score (nSPS) is 22.5. The quantitative estimate of drug-likeness (QED) is 0.577. The molecule has 5 rings (SSSR count). The van der Waals surface area contributed by atoms with E-state index in [1.165, 1.54) is 45.6 Å². The summed E-state index contributed by atoms with van der Waals surface area (Å²) in [5.74, 6) is 1.29. The zero-order valence-corrected chi connectivity index (χ0v) is 19.5. The Morgan fingerprint density at radius 3 is 2.52 bits per heavy atom. The summed E-state index contributed by atoms with van der Waals surface area (Å²) in [4.78, 5) is 31.2. The summed E-state index contributed by atoms with van der Waals surface area (Å²) >= 11 is 0. The molecule has 0 amide bonds. The molecule has 1 aliphatic heterocycles. The molecule has 0 N–H and O–H groups in total. The molecule has 6 heteroatoms. The molecule has 0 unspecified atom stereocenters. The highest BCUT2D eigenvalue weighted by Crippen LogP contribution is 2.31. The summed E-state index contributed by atoms with van der Waals surface area (Å²) in [7, 11) is 2.20. The van der Waals surface area contributed by atoms with Gasteiger partial charge in [-0.05, 0) is 56.2 Å². The lowest BCUT2D eigenvalue weighted by Gasteiger charge is -2.36. The summed E-state index contributed by atoms with van der Waals surface area (Å²) in [6.45, 7) is 5.91. The summed E-state index contributed by atoms with van der Waals surface area (Å²) in [6, 6.07) is 8.27. The number of aromatic nitrogens is 3. The van der Waals surface area contributed by atoms with Crippen LogP contribution in [0.5, 0.6) is 0 Å². The average molecular weight is 444 g/mol. The Labute approximate surface area is 196 Å². The van der Waals surface area contributed by atoms with Gasteiger partial charge in [-0.3, -0.25) is 19.7 Å². The average Bonchev–Trinajstić information content (AvgIpc) is 2.86. The number of nitrogens with zero attached hydrogens (tertiary/aromatic N) is 5. The molecule has 3 aromatic rings. The van der Waals surface area contributed by atoms with E-state index in [2.05, 4.69) is 50.0 Å². The number of hydrogen-bond acceptors (Lipinski definition) is 6. The van der Waals surface area contributed by atoms with Crippen molar-refractivity contribution in [2.45, 2.75) is 32.1 Å². The lowest BCUT2D eigenvalue weighted by atomic mass is 9.79. The molecule has 3 heterocycles. The van der Waals surface area contributed by atoms with Crippen molar-refractivity contribution < 1.29 is 4.79 Å². The Balaban J connectivity index is 1.18. The number of fused-ring (bicyclic) bond motifs is 1. The molecule has 1 saturated heterocycles. The lowest BCUT2D eigenvalue weighted by molar-refractivity contribution is -0.123. The minimum absolute atomic E-state index is 0.192. The first-order valence-electron chi connectivity index (χ1n) is 12.2. The van der Waals surface area contributed by atoms with E-state index in [0.29, 0.717) is 12.2 Å². The Hall–Kier alpha value is -2.70. The monoisotopic (exact) mass is 443 g/mol. The van der Waals surface area contributed by atoms with Gasteiger partial charge in [0.1, 0.15) is 5.78 Å². The smallest absolute Gasteiger partial charge is 0.141 e. The molecule has 1 saturated carbocycles. The van der Waals surface area contributed by atoms with Gasteiger partial charge in [0.15, 0.2) is 0 Å². The van der Waals surface area contributed by atoms with Gasteiger partial charge in [-0.2, -0.15) is 0 Å². The highest BCUT2D eigenvalue weighted by atomic mass is 16.1. The molecule has 0 atom stereocenters. The molecule has 2 fully saturated rings. The third-order valence-corrected chi connectivity index (χ3v) is 7.41. The summed E-state index contributed by atoms with van der Waals surface area (Å²) in [6.07, 6.45) is 11.9. The number of likely N-dealkylation sites (N-methyl/N-ethyl adjacent to an activating group) is 1. The number of ketones is 1. The number of carbonyl (C=O) groups excluding carboxylic acids is 1. The topological polar surface area (TPSA) is 62.2 Å². The molecule has 172 valence electrons. The van der Waals surface area contributed by atoms with E-state index in [0.717, 1.165) is 46.5 Å². The van der Waals surface area contributed by atoms with Gasteiger partial charge in [-0.15, -0.1) is 0 Å². The number of rotatable bonds is 6. The van der Waals surface area contributed by atoms with Crippen LogP contribution >= 0.6 is 0 Å². The minimum atomic E-state index is 0.192. The molecule has 2 aliphatic rings. The van der Waals surface area contributed by atoms with Gasteiger partial charge in [0, 0.05) is 80.3 Å². The van der Waals surface area contributed by atoms with Crippen LogP contribution in [0.25, 0.3) is 22.0 Å². The fraction of sp³-hybridized carbons (Fsp3) is 0.481. The second-order valence-corrected chi connectivity index (χ2v) is 9.79. The van der Waals surface area contributed by atoms with Crippen molar-refractivity contribution in [2.75, 3.05) is 39.8 Å². The molecule has 6 nitrogen and oxygen atoms in total. The second kappa shape index (κ2) is 10.1. The van der Waals surface area contributed by atoms with Gasteiger partial charge in [0.25, 0.3) is 0 Å². The second-order valence-electron chi connectivity index (χ2n) is 9.79. The fourth-order valence-electron chi connectivity index (χ4n) is 5.28. The fourth-order valence-corrected chi connectivity index (χ4v) is 5.28. The van der Waals surface area contributed by atoms with Crippen LogP contribution in [-0.2, 0) is 11.2 Å². The first-order valence-corrected chi connectivity index (χ1v) is 12.2. The predicted molar refractivity (Wildman–Crippen MR) is 131 cm³/mol. The van der Waals surface area contributed by atoms with E-state index in [4.69, 9.17) is 0 Å². The van der Waals surface area contributed by atoms with Gasteiger partial charge < -0.3 is 9.80 Å². The Morgan fingerprint density at radius 2 is 1.76 bits per heavy atom. The largest absolute Gasteiger partial charge is 0.304 e.